The third-order valence-electron chi connectivity index (χ3n) is 0.490. The van der Waals surface area contributed by atoms with Crippen LogP contribution in [0.5, 0.6) is 0 Å². The molecule has 60 valence electrons. The van der Waals surface area contributed by atoms with Crippen LogP contribution < -0.4 is 0 Å². The molecule has 0 atom stereocenters. The van der Waals surface area contributed by atoms with E-state index >= 15 is 0 Å². The summed E-state index contributed by atoms with van der Waals surface area (Å²) in [6, 6.07) is 0. The molecule has 0 aromatic heterocycles. The van der Waals surface area contributed by atoms with Crippen molar-refractivity contribution in [2.75, 3.05) is 13.2 Å². The van der Waals surface area contributed by atoms with E-state index in [0.717, 1.165) is 0 Å². The number of hydrogen-bond donors (Lipinski definition) is 0. The molecule has 0 saturated carbocycles. The van der Waals surface area contributed by atoms with Crippen LogP contribution in [0.3, 0.4) is 0 Å². The molecular weight excluding hydrogens is 156 g/mol. The van der Waals surface area contributed by atoms with Crippen molar-refractivity contribution in [1.29, 1.82) is 0 Å². The van der Waals surface area contributed by atoms with Crippen LogP contribution in [0, 0.1) is 0 Å². The van der Waals surface area contributed by atoms with E-state index in [1.165, 1.54) is 0 Å². The summed E-state index contributed by atoms with van der Waals surface area (Å²) in [6.07, 6.45) is 0. The lowest BCUT2D eigenvalue weighted by Crippen LogP contribution is -2.13. The molecule has 0 spiro atoms. The van der Waals surface area contributed by atoms with E-state index in [9.17, 15) is 4.46 Å². The topological polar surface area (TPSA) is 54.0 Å². The molecule has 0 rings (SSSR count). The zero-order valence-corrected chi connectivity index (χ0v) is 6.96. The molecule has 0 aromatic carbocycles. The highest BCUT2D eigenvalue weighted by Gasteiger charge is 2.12. The summed E-state index contributed by atoms with van der Waals surface area (Å²) in [4.78, 5) is 8.64. The molecule has 0 aliphatic carbocycles. The largest absolute Gasteiger partial charge is 0.834 e. The number of hydrogen-bond acceptors (Lipinski definition) is 5. The lowest BCUT2D eigenvalue weighted by molar-refractivity contribution is -0.282. The summed E-state index contributed by atoms with van der Waals surface area (Å²) in [7, 11) is -2.61. The Morgan fingerprint density at radius 2 is 1.50 bits per heavy atom. The van der Waals surface area contributed by atoms with E-state index in [-0.39, 0.29) is 0 Å². The fraction of sp³-hybridized carbons (Fsp3) is 1.00. The van der Waals surface area contributed by atoms with Gasteiger partial charge >= 0.3 is 9.17 Å². The van der Waals surface area contributed by atoms with E-state index < -0.39 is 9.17 Å². The van der Waals surface area contributed by atoms with Crippen LogP contribution in [0.2, 0.25) is 0 Å². The van der Waals surface area contributed by atoms with Crippen molar-refractivity contribution in [3.8, 4) is 0 Å². The average molecular weight is 166 g/mol. The third-order valence-corrected chi connectivity index (χ3v) is 0.998. The fourth-order valence-electron chi connectivity index (χ4n) is 0.228. The second-order valence-corrected chi connectivity index (χ2v) is 2.06. The van der Waals surface area contributed by atoms with Gasteiger partial charge in [0.1, 0.15) is 0 Å². The second-order valence-electron chi connectivity index (χ2n) is 1.23. The minimum Gasteiger partial charge on any atom is -0.327 e. The van der Waals surface area contributed by atoms with Gasteiger partial charge in [-0.3, -0.25) is 4.46 Å². The van der Waals surface area contributed by atoms with Crippen LogP contribution in [0.4, 0.5) is 0 Å². The molecular formula is C4H10O5Si. The van der Waals surface area contributed by atoms with Crippen molar-refractivity contribution < 1.29 is 23.4 Å². The Balaban J connectivity index is 3.09. The maximum atomic E-state index is 10.5. The van der Waals surface area contributed by atoms with Gasteiger partial charge in [-0.1, -0.05) is 0 Å². The van der Waals surface area contributed by atoms with Crippen molar-refractivity contribution in [1.82, 2.24) is 0 Å². The third kappa shape index (κ3) is 5.67. The van der Waals surface area contributed by atoms with Crippen LogP contribution >= 0.6 is 0 Å². The SMILES string of the molecule is CCOO[Si](=O)OOCC. The normalized spacial score (nSPS) is 9.00. The van der Waals surface area contributed by atoms with E-state index in [2.05, 4.69) is 18.9 Å². The maximum Gasteiger partial charge on any atom is 0.834 e. The van der Waals surface area contributed by atoms with E-state index in [4.69, 9.17) is 0 Å². The van der Waals surface area contributed by atoms with Crippen molar-refractivity contribution in [2.24, 2.45) is 0 Å². The highest BCUT2D eigenvalue weighted by atomic mass is 28.3. The van der Waals surface area contributed by atoms with Crippen molar-refractivity contribution in [2.45, 2.75) is 13.8 Å². The Bertz CT molecular complexity index is 85.6. The maximum absolute atomic E-state index is 10.5. The summed E-state index contributed by atoms with van der Waals surface area (Å²) in [6.45, 7) is 4.06. The highest BCUT2D eigenvalue weighted by molar-refractivity contribution is 6.25. The van der Waals surface area contributed by atoms with Gasteiger partial charge in [-0.25, -0.2) is 0 Å². The zero-order chi connectivity index (χ0) is 7.82. The van der Waals surface area contributed by atoms with Crippen LogP contribution in [0.25, 0.3) is 0 Å². The lowest BCUT2D eigenvalue weighted by atomic mass is 10.9. The van der Waals surface area contributed by atoms with Gasteiger partial charge < -0.3 is 9.15 Å². The first-order valence-electron chi connectivity index (χ1n) is 2.94. The molecule has 10 heavy (non-hydrogen) atoms. The summed E-state index contributed by atoms with van der Waals surface area (Å²) in [5, 5.41) is 0. The van der Waals surface area contributed by atoms with Gasteiger partial charge in [0, 0.05) is 0 Å². The first kappa shape index (κ1) is 9.54. The molecule has 0 N–H and O–H groups in total. The monoisotopic (exact) mass is 166 g/mol. The van der Waals surface area contributed by atoms with Crippen LogP contribution in [0.1, 0.15) is 13.8 Å². The first-order chi connectivity index (χ1) is 4.81. The molecule has 5 nitrogen and oxygen atoms in total. The zero-order valence-electron chi connectivity index (χ0n) is 5.96. The Labute approximate surface area is 60.6 Å². The second kappa shape index (κ2) is 6.65. The fourth-order valence-corrected chi connectivity index (χ4v) is 0.684. The Hall–Kier alpha value is -0.463. The smallest absolute Gasteiger partial charge is 0.327 e. The summed E-state index contributed by atoms with van der Waals surface area (Å²) < 4.78 is 18.8. The highest BCUT2D eigenvalue weighted by Crippen LogP contribution is 1.82. The van der Waals surface area contributed by atoms with Gasteiger partial charge in [-0.05, 0) is 13.8 Å². The van der Waals surface area contributed by atoms with Crippen LogP contribution in [-0.2, 0) is 23.4 Å². The quantitative estimate of drug-likeness (QED) is 0.323. The van der Waals surface area contributed by atoms with Gasteiger partial charge in [0.05, 0.1) is 13.2 Å². The molecule has 6 heteroatoms. The molecule has 0 heterocycles. The molecule has 0 aromatic rings. The van der Waals surface area contributed by atoms with Gasteiger partial charge in [0.2, 0.25) is 0 Å². The predicted octanol–water partition coefficient (Wildman–Crippen LogP) is 0.338. The Kier molecular flexibility index (Phi) is 6.35. The predicted molar refractivity (Wildman–Crippen MR) is 31.9 cm³/mol. The summed E-state index contributed by atoms with van der Waals surface area (Å²) in [5.74, 6) is 0. The van der Waals surface area contributed by atoms with Crippen LogP contribution in [-0.4, -0.2) is 22.4 Å². The molecule has 0 aliphatic rings. The Morgan fingerprint density at radius 1 is 1.10 bits per heavy atom. The van der Waals surface area contributed by atoms with Gasteiger partial charge in [0.25, 0.3) is 0 Å². The van der Waals surface area contributed by atoms with E-state index in [1.54, 1.807) is 13.8 Å². The lowest BCUT2D eigenvalue weighted by Gasteiger charge is -1.99. The molecule has 0 unspecified atom stereocenters. The van der Waals surface area contributed by atoms with Crippen molar-refractivity contribution in [3.05, 3.63) is 0 Å². The molecule has 0 radical (unpaired) electrons. The van der Waals surface area contributed by atoms with Crippen molar-refractivity contribution >= 4 is 9.17 Å². The average Bonchev–Trinajstić information content (AvgIpc) is 1.97. The molecule has 0 aliphatic heterocycles. The van der Waals surface area contributed by atoms with E-state index in [0.29, 0.717) is 13.2 Å². The van der Waals surface area contributed by atoms with Crippen molar-refractivity contribution in [3.63, 3.8) is 0 Å². The molecule has 0 saturated heterocycles. The van der Waals surface area contributed by atoms with Gasteiger partial charge in [-0.15, -0.1) is 0 Å². The minimum absolute atomic E-state index is 0.325. The number of rotatable bonds is 6. The molecule has 0 bridgehead atoms. The first-order valence-corrected chi connectivity index (χ1v) is 4.16. The standard InChI is InChI=1S/C4H10O5Si/c1-3-6-8-10(5)9-7-4-2/h3-4H2,1-2H3. The summed E-state index contributed by atoms with van der Waals surface area (Å²) >= 11 is 0. The molecule has 0 amide bonds. The molecule has 0 fully saturated rings. The van der Waals surface area contributed by atoms with Gasteiger partial charge in [0.15, 0.2) is 0 Å². The van der Waals surface area contributed by atoms with Crippen LogP contribution in [0.15, 0.2) is 0 Å². The summed E-state index contributed by atoms with van der Waals surface area (Å²) in [5.41, 5.74) is 0. The van der Waals surface area contributed by atoms with E-state index in [1.807, 2.05) is 0 Å². The minimum atomic E-state index is -2.61. The Morgan fingerprint density at radius 3 is 1.80 bits per heavy atom. The van der Waals surface area contributed by atoms with Gasteiger partial charge in [-0.2, -0.15) is 9.78 Å².